The van der Waals surface area contributed by atoms with E-state index in [9.17, 15) is 14.4 Å². The molecule has 34 heavy (non-hydrogen) atoms. The first kappa shape index (κ1) is 22.0. The summed E-state index contributed by atoms with van der Waals surface area (Å²) in [5.41, 5.74) is 8.48. The summed E-state index contributed by atoms with van der Waals surface area (Å²) in [5.74, 6) is -0.0428. The molecule has 0 spiro atoms. The number of piperidine rings is 1. The summed E-state index contributed by atoms with van der Waals surface area (Å²) in [5, 5.41) is 0. The van der Waals surface area contributed by atoms with Crippen molar-refractivity contribution in [1.82, 2.24) is 4.90 Å². The molecule has 176 valence electrons. The molecule has 3 aliphatic heterocycles. The van der Waals surface area contributed by atoms with Crippen LogP contribution < -0.4 is 20.3 Å². The van der Waals surface area contributed by atoms with Crippen molar-refractivity contribution in [3.63, 3.8) is 0 Å². The maximum Gasteiger partial charge on any atom is 0.267 e. The topological polar surface area (TPSA) is 105 Å². The van der Waals surface area contributed by atoms with Gasteiger partial charge in [-0.05, 0) is 54.8 Å². The fourth-order valence-corrected chi connectivity index (χ4v) is 4.65. The number of fused-ring (bicyclic) bond motifs is 1. The van der Waals surface area contributed by atoms with E-state index in [-0.39, 0.29) is 18.5 Å². The van der Waals surface area contributed by atoms with Gasteiger partial charge in [0.25, 0.3) is 11.8 Å². The average molecular weight is 463 g/mol. The zero-order valence-corrected chi connectivity index (χ0v) is 18.8. The first-order valence-corrected chi connectivity index (χ1v) is 11.2. The van der Waals surface area contributed by atoms with Crippen LogP contribution in [-0.4, -0.2) is 49.2 Å². The van der Waals surface area contributed by atoms with E-state index in [0.29, 0.717) is 30.1 Å². The first-order chi connectivity index (χ1) is 16.5. The summed E-state index contributed by atoms with van der Waals surface area (Å²) in [6, 6.07) is 14.6. The summed E-state index contributed by atoms with van der Waals surface area (Å²) in [7, 11) is 1.58. The Morgan fingerprint density at radius 1 is 1.00 bits per heavy atom. The van der Waals surface area contributed by atoms with E-state index in [0.717, 1.165) is 24.1 Å². The lowest BCUT2D eigenvalue weighted by atomic mass is 10.0. The molecule has 5 rings (SSSR count). The molecular formula is C25H26N4O5. The molecule has 2 aromatic carbocycles. The number of primary amides is 1. The molecule has 2 unspecified atom stereocenters. The van der Waals surface area contributed by atoms with Crippen molar-refractivity contribution in [2.24, 2.45) is 5.73 Å². The van der Waals surface area contributed by atoms with Crippen LogP contribution >= 0.6 is 0 Å². The number of amides is 3. The van der Waals surface area contributed by atoms with E-state index in [1.807, 2.05) is 36.4 Å². The van der Waals surface area contributed by atoms with Crippen molar-refractivity contribution < 1.29 is 23.9 Å². The number of anilines is 2. The second kappa shape index (κ2) is 8.83. The zero-order valence-electron chi connectivity index (χ0n) is 18.8. The molecule has 2 fully saturated rings. The molecular weight excluding hydrogens is 436 g/mol. The fourth-order valence-electron chi connectivity index (χ4n) is 4.65. The number of methoxy groups -OCH3 is 1. The quantitative estimate of drug-likeness (QED) is 0.731. The van der Waals surface area contributed by atoms with Crippen LogP contribution in [0.3, 0.4) is 0 Å². The Morgan fingerprint density at radius 3 is 2.29 bits per heavy atom. The number of hydrogen-bond acceptors (Lipinski definition) is 6. The lowest BCUT2D eigenvalue weighted by Gasteiger charge is -2.35. The molecule has 2 atom stereocenters. The molecule has 0 aliphatic carbocycles. The van der Waals surface area contributed by atoms with Gasteiger partial charge in [-0.1, -0.05) is 12.1 Å². The van der Waals surface area contributed by atoms with Gasteiger partial charge in [-0.15, -0.1) is 0 Å². The molecule has 0 radical (unpaired) electrons. The average Bonchev–Trinajstić information content (AvgIpc) is 3.22. The Morgan fingerprint density at radius 2 is 1.68 bits per heavy atom. The van der Waals surface area contributed by atoms with Crippen LogP contribution in [-0.2, 0) is 19.1 Å². The van der Waals surface area contributed by atoms with Crippen LogP contribution in [0.1, 0.15) is 30.9 Å². The molecule has 3 amide bonds. The molecule has 9 nitrogen and oxygen atoms in total. The van der Waals surface area contributed by atoms with Gasteiger partial charge in [0.2, 0.25) is 12.1 Å². The predicted octanol–water partition coefficient (Wildman–Crippen LogP) is 2.28. The number of nitrogens with zero attached hydrogens (tertiary/aromatic N) is 3. The maximum atomic E-state index is 13.1. The Kier molecular flexibility index (Phi) is 5.70. The molecule has 3 heterocycles. The van der Waals surface area contributed by atoms with E-state index in [1.165, 1.54) is 6.08 Å². The minimum absolute atomic E-state index is 0.115. The van der Waals surface area contributed by atoms with E-state index >= 15 is 0 Å². The molecule has 9 heteroatoms. The van der Waals surface area contributed by atoms with Gasteiger partial charge in [-0.2, -0.15) is 0 Å². The van der Waals surface area contributed by atoms with E-state index < -0.39 is 18.2 Å². The van der Waals surface area contributed by atoms with Gasteiger partial charge in [-0.25, -0.2) is 0 Å². The molecule has 0 saturated carbocycles. The summed E-state index contributed by atoms with van der Waals surface area (Å²) in [4.78, 5) is 42.5. The number of rotatable bonds is 5. The van der Waals surface area contributed by atoms with Crippen LogP contribution in [0.15, 0.2) is 60.3 Å². The van der Waals surface area contributed by atoms with Crippen molar-refractivity contribution in [2.45, 2.75) is 31.6 Å². The molecule has 0 aromatic heterocycles. The van der Waals surface area contributed by atoms with Crippen LogP contribution in [0.5, 0.6) is 5.75 Å². The number of ether oxygens (including phenoxy) is 2. The number of carbonyl (C=O) groups excluding carboxylic acids is 3. The summed E-state index contributed by atoms with van der Waals surface area (Å²) < 4.78 is 11.2. The highest BCUT2D eigenvalue weighted by Crippen LogP contribution is 2.41. The van der Waals surface area contributed by atoms with Crippen molar-refractivity contribution in [3.8, 4) is 5.75 Å². The highest BCUT2D eigenvalue weighted by Gasteiger charge is 2.45. The number of benzene rings is 2. The van der Waals surface area contributed by atoms with Gasteiger partial charge in [0.1, 0.15) is 18.5 Å². The van der Waals surface area contributed by atoms with Crippen LogP contribution in [0.25, 0.3) is 0 Å². The lowest BCUT2D eigenvalue weighted by molar-refractivity contribution is -0.135. The Balaban J connectivity index is 1.41. The summed E-state index contributed by atoms with van der Waals surface area (Å²) in [6.45, 7) is 0.817. The van der Waals surface area contributed by atoms with Crippen LogP contribution in [0.4, 0.5) is 11.4 Å². The minimum Gasteiger partial charge on any atom is -0.497 e. The van der Waals surface area contributed by atoms with Crippen molar-refractivity contribution in [3.05, 3.63) is 65.9 Å². The Bertz CT molecular complexity index is 1140. The molecule has 2 saturated heterocycles. The lowest BCUT2D eigenvalue weighted by Crippen LogP contribution is -2.50. The fraction of sp³-hybridized carbons (Fsp3) is 0.320. The van der Waals surface area contributed by atoms with Gasteiger partial charge in [0, 0.05) is 30.4 Å². The third-order valence-corrected chi connectivity index (χ3v) is 6.44. The SMILES string of the molecule is COc1ccc(C2OC(C(N)=O)N3CN(c4ccc(N5CCCCC5=O)cc4)C(=O)C=C23)cc1. The summed E-state index contributed by atoms with van der Waals surface area (Å²) >= 11 is 0. The van der Waals surface area contributed by atoms with Gasteiger partial charge in [-0.3, -0.25) is 19.3 Å². The third-order valence-electron chi connectivity index (χ3n) is 6.44. The van der Waals surface area contributed by atoms with Crippen molar-refractivity contribution in [2.75, 3.05) is 30.1 Å². The van der Waals surface area contributed by atoms with Gasteiger partial charge >= 0.3 is 0 Å². The second-order valence-electron chi connectivity index (χ2n) is 8.51. The molecule has 2 aromatic rings. The molecule has 2 N–H and O–H groups in total. The predicted molar refractivity (Wildman–Crippen MR) is 125 cm³/mol. The summed E-state index contributed by atoms with van der Waals surface area (Å²) in [6.07, 6.45) is 2.34. The van der Waals surface area contributed by atoms with Crippen molar-refractivity contribution >= 4 is 29.1 Å². The highest BCUT2D eigenvalue weighted by molar-refractivity contribution is 6.03. The Labute approximate surface area is 197 Å². The number of nitrogens with two attached hydrogens (primary N) is 1. The van der Waals surface area contributed by atoms with Gasteiger partial charge in [0.15, 0.2) is 0 Å². The van der Waals surface area contributed by atoms with Gasteiger partial charge in [0.05, 0.1) is 12.8 Å². The van der Waals surface area contributed by atoms with Gasteiger partial charge < -0.3 is 25.0 Å². The third kappa shape index (κ3) is 3.88. The Hall–Kier alpha value is -3.85. The van der Waals surface area contributed by atoms with Crippen LogP contribution in [0.2, 0.25) is 0 Å². The number of carbonyl (C=O) groups is 3. The molecule has 3 aliphatic rings. The maximum absolute atomic E-state index is 13.1. The first-order valence-electron chi connectivity index (χ1n) is 11.2. The van der Waals surface area contributed by atoms with Crippen LogP contribution in [0, 0.1) is 0 Å². The van der Waals surface area contributed by atoms with E-state index in [2.05, 4.69) is 0 Å². The number of hydrogen-bond donors (Lipinski definition) is 1. The minimum atomic E-state index is -1.00. The smallest absolute Gasteiger partial charge is 0.267 e. The normalized spacial score (nSPS) is 22.5. The highest BCUT2D eigenvalue weighted by atomic mass is 16.5. The van der Waals surface area contributed by atoms with E-state index in [4.69, 9.17) is 15.2 Å². The second-order valence-corrected chi connectivity index (χ2v) is 8.51. The largest absolute Gasteiger partial charge is 0.497 e. The van der Waals surface area contributed by atoms with E-state index in [1.54, 1.807) is 33.9 Å². The zero-order chi connectivity index (χ0) is 23.8. The molecule has 0 bridgehead atoms. The standard InChI is InChI=1S/C25H26N4O5/c1-33-19-11-5-16(6-12-19)23-20-14-22(31)28(15-29(20)25(34-23)24(26)32)18-9-7-17(8-10-18)27-13-3-2-4-21(27)30/h5-12,14,23,25H,2-4,13,15H2,1H3,(H2,26,32). The monoisotopic (exact) mass is 462 g/mol. The van der Waals surface area contributed by atoms with Crippen molar-refractivity contribution in [1.29, 1.82) is 0 Å².